The van der Waals surface area contributed by atoms with Crippen molar-refractivity contribution >= 4 is 55.0 Å². The zero-order chi connectivity index (χ0) is 54.1. The van der Waals surface area contributed by atoms with Crippen molar-refractivity contribution in [3.05, 3.63) is 138 Å². The number of carbonyl (C=O) groups is 2. The van der Waals surface area contributed by atoms with E-state index in [-0.39, 0.29) is 61.9 Å². The van der Waals surface area contributed by atoms with Crippen LogP contribution in [0.1, 0.15) is 93.0 Å². The lowest BCUT2D eigenvalue weighted by Crippen LogP contribution is -2.38. The molecule has 2 aliphatic carbocycles. The molecule has 2 aliphatic rings. The molecule has 0 spiro atoms. The number of hydrogen-bond donors (Lipinski definition) is 2. The van der Waals surface area contributed by atoms with Gasteiger partial charge in [-0.1, -0.05) is 67.5 Å². The molecule has 21 heteroatoms. The number of nitro groups is 2. The van der Waals surface area contributed by atoms with Crippen LogP contribution in [0.4, 0.5) is 11.4 Å². The standard InChI is InChI=1S/C25H28N2O7S.C14H17ClN2O6S.C11H12O.C2H6/c1-33-16-15-19-5-3-18(4-6-19)7-8-20-11-14-23(17-24(20)27(29)30)35(31,32)26-22-12-9-21(10-13-22)25(28)34-2;1-23-14(18)9-2-4-10(5-3-9)16-24(21,22)11-6-7-12(15)13(8-11)17(19)20;1-3-10-4-6-11(7-5-10)8-9-12-2;1-2/h3-6,11,14,17,21-22,26H,9-10,12-13,15-16H2,1-2H3;6-10,16H,2-5H2,1H3;1,4-7H,8-9H2,2H3;1-2H3. The highest BCUT2D eigenvalue weighted by molar-refractivity contribution is 7.89. The molecule has 18 nitrogen and oxygen atoms in total. The lowest BCUT2D eigenvalue weighted by atomic mass is 9.86. The summed E-state index contributed by atoms with van der Waals surface area (Å²) >= 11 is 5.69. The van der Waals surface area contributed by atoms with E-state index in [9.17, 15) is 46.7 Å². The molecular formula is C52H63ClN4O14S2. The molecular weight excluding hydrogens is 1000 g/mol. The molecule has 394 valence electrons. The quantitative estimate of drug-likeness (QED) is 0.0463. The number of ether oxygens (including phenoxy) is 4. The van der Waals surface area contributed by atoms with Gasteiger partial charge in [0.05, 0.1) is 58.9 Å². The van der Waals surface area contributed by atoms with E-state index in [2.05, 4.69) is 31.9 Å². The van der Waals surface area contributed by atoms with E-state index in [1.54, 1.807) is 14.2 Å². The number of halogens is 1. The third-order valence-electron chi connectivity index (χ3n) is 11.7. The van der Waals surface area contributed by atoms with E-state index in [0.717, 1.165) is 42.7 Å². The van der Waals surface area contributed by atoms with Crippen LogP contribution in [-0.4, -0.2) is 92.4 Å². The number of esters is 2. The van der Waals surface area contributed by atoms with Crippen molar-refractivity contribution in [2.24, 2.45) is 11.8 Å². The van der Waals surface area contributed by atoms with Crippen LogP contribution in [0.2, 0.25) is 5.02 Å². The monoisotopic (exact) mass is 1070 g/mol. The summed E-state index contributed by atoms with van der Waals surface area (Å²) in [6.07, 6.45) is 11.0. The van der Waals surface area contributed by atoms with Gasteiger partial charge >= 0.3 is 11.9 Å². The van der Waals surface area contributed by atoms with Crippen LogP contribution < -0.4 is 9.44 Å². The summed E-state index contributed by atoms with van der Waals surface area (Å²) in [4.78, 5) is 43.9. The molecule has 4 aromatic rings. The molecule has 2 saturated carbocycles. The minimum absolute atomic E-state index is 0.121. The van der Waals surface area contributed by atoms with Crippen LogP contribution in [0.15, 0.2) is 94.7 Å². The number of carbonyl (C=O) groups excluding carboxylic acids is 2. The van der Waals surface area contributed by atoms with Crippen molar-refractivity contribution in [1.29, 1.82) is 0 Å². The molecule has 0 aromatic heterocycles. The molecule has 0 atom stereocenters. The molecule has 0 bridgehead atoms. The molecule has 0 radical (unpaired) electrons. The topological polar surface area (TPSA) is 250 Å². The number of sulfonamides is 2. The maximum atomic E-state index is 12.9. The van der Waals surface area contributed by atoms with Crippen molar-refractivity contribution in [3.8, 4) is 24.2 Å². The number of methoxy groups -OCH3 is 4. The summed E-state index contributed by atoms with van der Waals surface area (Å²) in [6, 6.07) is 21.8. The summed E-state index contributed by atoms with van der Waals surface area (Å²) < 4.78 is 75.1. The van der Waals surface area contributed by atoms with Gasteiger partial charge in [0.15, 0.2) is 0 Å². The van der Waals surface area contributed by atoms with E-state index >= 15 is 0 Å². The summed E-state index contributed by atoms with van der Waals surface area (Å²) in [5.74, 6) is 7.22. The van der Waals surface area contributed by atoms with Crippen LogP contribution in [0, 0.1) is 56.2 Å². The first-order valence-corrected chi connectivity index (χ1v) is 26.8. The Morgan fingerprint density at radius 3 is 1.40 bits per heavy atom. The zero-order valence-corrected chi connectivity index (χ0v) is 44.1. The number of nitrogens with zero attached hydrogens (tertiary/aromatic N) is 2. The Balaban J connectivity index is 0.000000318. The van der Waals surface area contributed by atoms with Gasteiger partial charge in [-0.3, -0.25) is 29.8 Å². The molecule has 6 rings (SSSR count). The fourth-order valence-corrected chi connectivity index (χ4v) is 10.5. The summed E-state index contributed by atoms with van der Waals surface area (Å²) in [5, 5.41) is 22.4. The highest BCUT2D eigenvalue weighted by atomic mass is 35.5. The second-order valence-electron chi connectivity index (χ2n) is 16.5. The Morgan fingerprint density at radius 2 is 1.01 bits per heavy atom. The van der Waals surface area contributed by atoms with E-state index in [1.165, 1.54) is 44.0 Å². The second-order valence-corrected chi connectivity index (χ2v) is 20.3. The van der Waals surface area contributed by atoms with Crippen LogP contribution in [-0.2, 0) is 61.4 Å². The molecule has 0 unspecified atom stereocenters. The van der Waals surface area contributed by atoms with Crippen molar-refractivity contribution in [2.45, 2.75) is 99.9 Å². The molecule has 0 amide bonds. The lowest BCUT2D eigenvalue weighted by molar-refractivity contribution is -0.385. The van der Waals surface area contributed by atoms with Gasteiger partial charge in [-0.15, -0.1) is 6.42 Å². The number of nitrogens with one attached hydrogen (secondary N) is 2. The highest BCUT2D eigenvalue weighted by Crippen LogP contribution is 2.31. The first-order valence-electron chi connectivity index (χ1n) is 23.4. The average molecular weight is 1070 g/mol. The average Bonchev–Trinajstić information content (AvgIpc) is 3.40. The van der Waals surface area contributed by atoms with Gasteiger partial charge in [-0.2, -0.15) is 0 Å². The first-order chi connectivity index (χ1) is 34.8. The molecule has 0 aliphatic heterocycles. The minimum Gasteiger partial charge on any atom is -0.469 e. The number of nitro benzene ring substituents is 2. The van der Waals surface area contributed by atoms with E-state index in [1.807, 2.05) is 62.4 Å². The number of rotatable bonds is 16. The number of terminal acetylenes is 1. The van der Waals surface area contributed by atoms with Crippen LogP contribution in [0.5, 0.6) is 0 Å². The van der Waals surface area contributed by atoms with Crippen molar-refractivity contribution < 1.29 is 55.2 Å². The normalized spacial score (nSPS) is 17.1. The third-order valence-corrected chi connectivity index (χ3v) is 15.0. The van der Waals surface area contributed by atoms with Crippen LogP contribution in [0.3, 0.4) is 0 Å². The van der Waals surface area contributed by atoms with E-state index < -0.39 is 35.6 Å². The van der Waals surface area contributed by atoms with Gasteiger partial charge in [0, 0.05) is 49.6 Å². The number of benzene rings is 4. The molecule has 73 heavy (non-hydrogen) atoms. The predicted molar refractivity (Wildman–Crippen MR) is 277 cm³/mol. The highest BCUT2D eigenvalue weighted by Gasteiger charge is 2.32. The Bertz CT molecular complexity index is 2790. The van der Waals surface area contributed by atoms with Gasteiger partial charge in [0.25, 0.3) is 11.4 Å². The second kappa shape index (κ2) is 30.7. The number of hydrogen-bond acceptors (Lipinski definition) is 14. The SMILES string of the molecule is C#Cc1ccc(CCOC)cc1.CC.COC(=O)C1CCC(NS(=O)(=O)c2ccc(Cl)c([N+](=O)[O-])c2)CC1.COCCc1ccc(C#Cc2ccc(S(=O)(=O)NC3CCC(C(=O)OC)CC3)cc2[N+](=O)[O-])cc1. The summed E-state index contributed by atoms with van der Waals surface area (Å²) in [7, 11) is -1.89. The first kappa shape index (κ1) is 61.1. The smallest absolute Gasteiger partial charge is 0.308 e. The largest absolute Gasteiger partial charge is 0.469 e. The van der Waals surface area contributed by atoms with Crippen molar-refractivity contribution in [2.75, 3.05) is 41.7 Å². The van der Waals surface area contributed by atoms with Gasteiger partial charge in [0.2, 0.25) is 20.0 Å². The van der Waals surface area contributed by atoms with Gasteiger partial charge < -0.3 is 18.9 Å². The third kappa shape index (κ3) is 19.6. The van der Waals surface area contributed by atoms with E-state index in [0.29, 0.717) is 63.5 Å². The fourth-order valence-electron chi connectivity index (χ4n) is 7.64. The summed E-state index contributed by atoms with van der Waals surface area (Å²) in [5.41, 5.74) is 3.23. The zero-order valence-electron chi connectivity index (χ0n) is 41.8. The van der Waals surface area contributed by atoms with Gasteiger partial charge in [0.1, 0.15) is 10.6 Å². The predicted octanol–water partition coefficient (Wildman–Crippen LogP) is 8.33. The van der Waals surface area contributed by atoms with Gasteiger partial charge in [-0.05, 0) is 124 Å². The Kier molecular flexibility index (Phi) is 25.7. The maximum absolute atomic E-state index is 12.9. The molecule has 0 saturated heterocycles. The molecule has 4 aromatic carbocycles. The molecule has 2 N–H and O–H groups in total. The minimum atomic E-state index is -3.98. The van der Waals surface area contributed by atoms with Gasteiger partial charge in [-0.25, -0.2) is 26.3 Å². The van der Waals surface area contributed by atoms with Crippen molar-refractivity contribution in [1.82, 2.24) is 9.44 Å². The van der Waals surface area contributed by atoms with E-state index in [4.69, 9.17) is 32.2 Å². The Morgan fingerprint density at radius 1 is 0.616 bits per heavy atom. The molecule has 0 heterocycles. The Labute approximate surface area is 433 Å². The maximum Gasteiger partial charge on any atom is 0.308 e. The van der Waals surface area contributed by atoms with Crippen LogP contribution >= 0.6 is 11.6 Å². The summed E-state index contributed by atoms with van der Waals surface area (Å²) in [6.45, 7) is 5.37. The Hall–Kier alpha value is -6.23. The molecule has 2 fully saturated rings. The lowest BCUT2D eigenvalue weighted by Gasteiger charge is -2.27. The van der Waals surface area contributed by atoms with Crippen LogP contribution in [0.25, 0.3) is 0 Å². The fraction of sp³-hybridized carbons (Fsp3) is 0.423. The van der Waals surface area contributed by atoms with Crippen molar-refractivity contribution in [3.63, 3.8) is 0 Å².